The molecule has 7 heteroatoms. The van der Waals surface area contributed by atoms with E-state index in [0.29, 0.717) is 31.6 Å². The van der Waals surface area contributed by atoms with E-state index in [1.165, 1.54) is 6.92 Å². The summed E-state index contributed by atoms with van der Waals surface area (Å²) in [7, 11) is 0. The Kier molecular flexibility index (Phi) is 5.33. The molecule has 1 aliphatic rings. The molecule has 2 amide bonds. The number of nitrogens with one attached hydrogen (secondary N) is 1. The highest BCUT2D eigenvalue weighted by atomic mass is 16.3. The van der Waals surface area contributed by atoms with Crippen molar-refractivity contribution >= 4 is 11.8 Å². The molecule has 1 fully saturated rings. The maximum Gasteiger partial charge on any atom is 0.247 e. The fraction of sp³-hybridized carbons (Fsp3) is 0.562. The van der Waals surface area contributed by atoms with E-state index in [1.807, 2.05) is 13.0 Å². The molecular weight excluding hydrogens is 298 g/mol. The van der Waals surface area contributed by atoms with Crippen molar-refractivity contribution in [1.29, 1.82) is 0 Å². The molecule has 0 radical (unpaired) electrons. The van der Waals surface area contributed by atoms with Crippen LogP contribution in [-0.4, -0.2) is 57.6 Å². The first-order chi connectivity index (χ1) is 10.9. The predicted molar refractivity (Wildman–Crippen MR) is 83.4 cm³/mol. The summed E-state index contributed by atoms with van der Waals surface area (Å²) in [6.45, 7) is 3.48. The molecule has 2 rings (SSSR count). The van der Waals surface area contributed by atoms with Crippen LogP contribution in [0.4, 0.5) is 0 Å². The Morgan fingerprint density at radius 1 is 1.39 bits per heavy atom. The zero-order valence-electron chi connectivity index (χ0n) is 13.5. The van der Waals surface area contributed by atoms with Crippen LogP contribution in [0, 0.1) is 6.92 Å². The molecule has 0 aliphatic carbocycles. The van der Waals surface area contributed by atoms with E-state index in [2.05, 4.69) is 10.3 Å². The maximum atomic E-state index is 12.3. The molecule has 7 nitrogen and oxygen atoms in total. The van der Waals surface area contributed by atoms with Crippen LogP contribution in [0.3, 0.4) is 0 Å². The van der Waals surface area contributed by atoms with Gasteiger partial charge in [0.05, 0.1) is 12.3 Å². The lowest BCUT2D eigenvalue weighted by atomic mass is 9.87. The van der Waals surface area contributed by atoms with Gasteiger partial charge in [-0.05, 0) is 31.4 Å². The monoisotopic (exact) mass is 321 g/mol. The number of likely N-dealkylation sites (tertiary alicyclic amines) is 1. The molecule has 1 atom stereocenters. The highest BCUT2D eigenvalue weighted by molar-refractivity contribution is 5.87. The minimum absolute atomic E-state index is 0.332. The van der Waals surface area contributed by atoms with Gasteiger partial charge in [-0.25, -0.2) is 0 Å². The molecule has 0 bridgehead atoms. The molecule has 0 aromatic carbocycles. The van der Waals surface area contributed by atoms with Gasteiger partial charge in [-0.2, -0.15) is 0 Å². The Labute approximate surface area is 135 Å². The lowest BCUT2D eigenvalue weighted by molar-refractivity contribution is -0.141. The SMILES string of the molecule is CC(=O)N[C@@H](CO)C(=O)N1CCC(O)(c2ccc(C)cn2)CC1. The number of aliphatic hydroxyl groups is 2. The van der Waals surface area contributed by atoms with Gasteiger partial charge in [0.25, 0.3) is 0 Å². The van der Waals surface area contributed by atoms with Crippen molar-refractivity contribution in [2.24, 2.45) is 0 Å². The van der Waals surface area contributed by atoms with Crippen molar-refractivity contribution in [3.63, 3.8) is 0 Å². The lowest BCUT2D eigenvalue weighted by Crippen LogP contribution is -2.54. The van der Waals surface area contributed by atoms with Crippen molar-refractivity contribution in [2.45, 2.75) is 38.3 Å². The summed E-state index contributed by atoms with van der Waals surface area (Å²) in [5.41, 5.74) is 0.578. The summed E-state index contributed by atoms with van der Waals surface area (Å²) >= 11 is 0. The van der Waals surface area contributed by atoms with Crippen molar-refractivity contribution in [1.82, 2.24) is 15.2 Å². The van der Waals surface area contributed by atoms with Crippen LogP contribution in [0.25, 0.3) is 0 Å². The van der Waals surface area contributed by atoms with Crippen LogP contribution < -0.4 is 5.32 Å². The van der Waals surface area contributed by atoms with Crippen molar-refractivity contribution in [3.8, 4) is 0 Å². The molecule has 126 valence electrons. The topological polar surface area (TPSA) is 103 Å². The zero-order valence-corrected chi connectivity index (χ0v) is 13.5. The third-order valence-corrected chi connectivity index (χ3v) is 4.15. The van der Waals surface area contributed by atoms with Gasteiger partial charge >= 0.3 is 0 Å². The lowest BCUT2D eigenvalue weighted by Gasteiger charge is -2.38. The number of nitrogens with zero attached hydrogens (tertiary/aromatic N) is 2. The first-order valence-corrected chi connectivity index (χ1v) is 7.68. The van der Waals surface area contributed by atoms with Crippen LogP contribution in [0.2, 0.25) is 0 Å². The van der Waals surface area contributed by atoms with Gasteiger partial charge in [0.1, 0.15) is 11.6 Å². The number of carbonyl (C=O) groups excluding carboxylic acids is 2. The quantitative estimate of drug-likeness (QED) is 0.706. The molecule has 1 aromatic heterocycles. The highest BCUT2D eigenvalue weighted by Gasteiger charge is 2.37. The van der Waals surface area contributed by atoms with Gasteiger partial charge in [-0.3, -0.25) is 14.6 Å². The van der Waals surface area contributed by atoms with Gasteiger partial charge in [-0.15, -0.1) is 0 Å². The molecule has 2 heterocycles. The van der Waals surface area contributed by atoms with E-state index < -0.39 is 18.2 Å². The molecule has 0 spiro atoms. The largest absolute Gasteiger partial charge is 0.394 e. The molecular formula is C16H23N3O4. The number of carbonyl (C=O) groups is 2. The molecule has 3 N–H and O–H groups in total. The number of hydrogen-bond acceptors (Lipinski definition) is 5. The molecule has 1 aromatic rings. The molecule has 1 aliphatic heterocycles. The van der Waals surface area contributed by atoms with Gasteiger partial charge in [-0.1, -0.05) is 6.07 Å². The number of aryl methyl sites for hydroxylation is 1. The summed E-state index contributed by atoms with van der Waals surface area (Å²) < 4.78 is 0. The van der Waals surface area contributed by atoms with E-state index >= 15 is 0 Å². The fourth-order valence-electron chi connectivity index (χ4n) is 2.75. The van der Waals surface area contributed by atoms with Gasteiger partial charge in [0, 0.05) is 26.2 Å². The van der Waals surface area contributed by atoms with Crippen LogP contribution in [0.1, 0.15) is 31.0 Å². The van der Waals surface area contributed by atoms with E-state index in [-0.39, 0.29) is 11.8 Å². The minimum atomic E-state index is -1.05. The number of rotatable bonds is 4. The number of aliphatic hydroxyl groups excluding tert-OH is 1. The molecule has 23 heavy (non-hydrogen) atoms. The summed E-state index contributed by atoms with van der Waals surface area (Å²) in [5.74, 6) is -0.698. The standard InChI is InChI=1S/C16H23N3O4/c1-11-3-4-14(17-9-11)16(23)5-7-19(8-6-16)15(22)13(10-20)18-12(2)21/h3-4,9,13,20,23H,5-8,10H2,1-2H3,(H,18,21)/t13-/m0/s1. The van der Waals surface area contributed by atoms with E-state index in [4.69, 9.17) is 0 Å². The second-order valence-corrected chi connectivity index (χ2v) is 6.01. The van der Waals surface area contributed by atoms with E-state index in [9.17, 15) is 19.8 Å². The number of pyridine rings is 1. The summed E-state index contributed by atoms with van der Waals surface area (Å²) in [5, 5.41) is 22.4. The number of amides is 2. The Bertz CT molecular complexity index is 565. The summed E-state index contributed by atoms with van der Waals surface area (Å²) in [4.78, 5) is 29.2. The van der Waals surface area contributed by atoms with Crippen molar-refractivity contribution in [3.05, 3.63) is 29.6 Å². The average Bonchev–Trinajstić information content (AvgIpc) is 2.53. The van der Waals surface area contributed by atoms with Gasteiger partial charge in [0.2, 0.25) is 11.8 Å². The second kappa shape index (κ2) is 7.06. The Morgan fingerprint density at radius 2 is 2.04 bits per heavy atom. The van der Waals surface area contributed by atoms with Crippen LogP contribution in [0.15, 0.2) is 18.3 Å². The predicted octanol–water partition coefficient (Wildman–Crippen LogP) is -0.303. The number of piperidine rings is 1. The van der Waals surface area contributed by atoms with Gasteiger partial charge in [0.15, 0.2) is 0 Å². The first-order valence-electron chi connectivity index (χ1n) is 7.68. The van der Waals surface area contributed by atoms with Crippen LogP contribution >= 0.6 is 0 Å². The average molecular weight is 321 g/mol. The zero-order chi connectivity index (χ0) is 17.0. The maximum absolute atomic E-state index is 12.3. The fourth-order valence-corrected chi connectivity index (χ4v) is 2.75. The highest BCUT2D eigenvalue weighted by Crippen LogP contribution is 2.31. The molecule has 0 unspecified atom stereocenters. The van der Waals surface area contributed by atoms with Crippen molar-refractivity contribution in [2.75, 3.05) is 19.7 Å². The Hall–Kier alpha value is -1.99. The Balaban J connectivity index is 2.01. The van der Waals surface area contributed by atoms with E-state index in [1.54, 1.807) is 17.2 Å². The van der Waals surface area contributed by atoms with E-state index in [0.717, 1.165) is 5.56 Å². The third-order valence-electron chi connectivity index (χ3n) is 4.15. The third kappa shape index (κ3) is 4.05. The van der Waals surface area contributed by atoms with Gasteiger partial charge < -0.3 is 20.4 Å². The summed E-state index contributed by atoms with van der Waals surface area (Å²) in [6.07, 6.45) is 2.45. The molecule has 0 saturated carbocycles. The van der Waals surface area contributed by atoms with Crippen LogP contribution in [0.5, 0.6) is 0 Å². The number of aromatic nitrogens is 1. The Morgan fingerprint density at radius 3 is 2.52 bits per heavy atom. The first kappa shape index (κ1) is 17.4. The normalized spacial score (nSPS) is 18.3. The second-order valence-electron chi connectivity index (χ2n) is 6.01. The van der Waals surface area contributed by atoms with Crippen LogP contribution in [-0.2, 0) is 15.2 Å². The number of hydrogen-bond donors (Lipinski definition) is 3. The molecule has 1 saturated heterocycles. The summed E-state index contributed by atoms with van der Waals surface area (Å²) in [6, 6.07) is 2.77. The van der Waals surface area contributed by atoms with Crippen molar-refractivity contribution < 1.29 is 19.8 Å². The smallest absolute Gasteiger partial charge is 0.247 e. The minimum Gasteiger partial charge on any atom is -0.394 e.